The Kier molecular flexibility index (Phi) is 3.70. The topological polar surface area (TPSA) is 109 Å². The van der Waals surface area contributed by atoms with E-state index in [1.165, 1.54) is 5.56 Å². The second-order valence-corrected chi connectivity index (χ2v) is 7.09. The standard InChI is InChI=1S/C21H17N9/c1-2-4-13(5-3-1)15-12-23-18-10-14(11-19-28-29-20(15)30(18)19)16-6-8-22-21(25-16)26-17-7-9-24-27-17/h1-11,15,23H,12H2,(H2,22,24,25,26,27). The van der Waals surface area contributed by atoms with Gasteiger partial charge in [0.05, 0.1) is 17.8 Å². The fraction of sp³-hybridized carbons (Fsp3) is 0.0952. The number of anilines is 3. The van der Waals surface area contributed by atoms with Crippen molar-refractivity contribution in [1.29, 1.82) is 0 Å². The first-order valence-corrected chi connectivity index (χ1v) is 9.63. The molecule has 0 bridgehead atoms. The Hall–Kier alpha value is -4.27. The molecule has 1 unspecified atom stereocenters. The van der Waals surface area contributed by atoms with Crippen molar-refractivity contribution in [2.24, 2.45) is 0 Å². The predicted molar refractivity (Wildman–Crippen MR) is 113 cm³/mol. The summed E-state index contributed by atoms with van der Waals surface area (Å²) in [5, 5.41) is 22.3. The lowest BCUT2D eigenvalue weighted by molar-refractivity contribution is 0.729. The van der Waals surface area contributed by atoms with Crippen LogP contribution >= 0.6 is 0 Å². The van der Waals surface area contributed by atoms with Crippen molar-refractivity contribution in [3.8, 4) is 11.3 Å². The van der Waals surface area contributed by atoms with Gasteiger partial charge in [-0.25, -0.2) is 9.97 Å². The number of nitrogens with one attached hydrogen (secondary N) is 3. The van der Waals surface area contributed by atoms with Crippen LogP contribution in [0.1, 0.15) is 17.3 Å². The number of H-pyrrole nitrogens is 1. The SMILES string of the molecule is c1ccc(C2CNc3cc(-c4ccnc(Nc5ccn[nH]5)n4)cc4nnc2n34)cc1. The lowest BCUT2D eigenvalue weighted by Crippen LogP contribution is -2.23. The van der Waals surface area contributed by atoms with E-state index in [9.17, 15) is 0 Å². The minimum Gasteiger partial charge on any atom is -0.370 e. The first-order valence-electron chi connectivity index (χ1n) is 9.63. The average molecular weight is 395 g/mol. The molecular formula is C21H17N9. The summed E-state index contributed by atoms with van der Waals surface area (Å²) in [6.45, 7) is 0.762. The summed E-state index contributed by atoms with van der Waals surface area (Å²) < 4.78 is 2.08. The monoisotopic (exact) mass is 395 g/mol. The van der Waals surface area contributed by atoms with Crippen LogP contribution in [0.2, 0.25) is 0 Å². The minimum absolute atomic E-state index is 0.156. The Morgan fingerprint density at radius 3 is 2.80 bits per heavy atom. The van der Waals surface area contributed by atoms with Crippen LogP contribution in [0.25, 0.3) is 16.9 Å². The Morgan fingerprint density at radius 1 is 1.00 bits per heavy atom. The van der Waals surface area contributed by atoms with E-state index in [0.29, 0.717) is 5.95 Å². The number of aromatic nitrogens is 7. The Labute approximate surface area is 171 Å². The highest BCUT2D eigenvalue weighted by molar-refractivity contribution is 5.71. The van der Waals surface area contributed by atoms with Gasteiger partial charge in [-0.1, -0.05) is 30.3 Å². The number of rotatable bonds is 4. The van der Waals surface area contributed by atoms with E-state index >= 15 is 0 Å². The molecular weight excluding hydrogens is 378 g/mol. The van der Waals surface area contributed by atoms with Crippen molar-refractivity contribution in [3.05, 3.63) is 78.4 Å². The molecule has 1 aromatic carbocycles. The zero-order valence-electron chi connectivity index (χ0n) is 15.8. The van der Waals surface area contributed by atoms with Crippen LogP contribution in [-0.2, 0) is 0 Å². The van der Waals surface area contributed by atoms with E-state index in [2.05, 4.69) is 75.7 Å². The van der Waals surface area contributed by atoms with Gasteiger partial charge in [0.2, 0.25) is 5.95 Å². The molecule has 30 heavy (non-hydrogen) atoms. The lowest BCUT2D eigenvalue weighted by atomic mass is 9.97. The maximum absolute atomic E-state index is 4.63. The van der Waals surface area contributed by atoms with Gasteiger partial charge in [0, 0.05) is 24.4 Å². The Balaban J connectivity index is 1.40. The van der Waals surface area contributed by atoms with Gasteiger partial charge in [0.15, 0.2) is 5.65 Å². The lowest BCUT2D eigenvalue weighted by Gasteiger charge is -2.24. The van der Waals surface area contributed by atoms with Gasteiger partial charge in [-0.05, 0) is 23.8 Å². The number of hydrogen-bond donors (Lipinski definition) is 3. The molecule has 9 heteroatoms. The van der Waals surface area contributed by atoms with Gasteiger partial charge in [0.1, 0.15) is 17.5 Å². The molecule has 4 aromatic heterocycles. The molecule has 0 spiro atoms. The van der Waals surface area contributed by atoms with Crippen LogP contribution < -0.4 is 10.6 Å². The van der Waals surface area contributed by atoms with Crippen LogP contribution in [0.5, 0.6) is 0 Å². The number of nitrogens with zero attached hydrogens (tertiary/aromatic N) is 6. The molecule has 1 aliphatic rings. The van der Waals surface area contributed by atoms with E-state index in [0.717, 1.165) is 40.9 Å². The van der Waals surface area contributed by atoms with Crippen molar-refractivity contribution < 1.29 is 0 Å². The molecule has 5 aromatic rings. The number of aromatic amines is 1. The number of pyridine rings is 1. The average Bonchev–Trinajstić information content (AvgIpc) is 3.46. The Bertz CT molecular complexity index is 1330. The molecule has 0 amide bonds. The molecule has 0 saturated carbocycles. The normalized spacial score (nSPS) is 15.1. The van der Waals surface area contributed by atoms with Crippen molar-refractivity contribution in [3.63, 3.8) is 0 Å². The molecule has 1 aliphatic heterocycles. The minimum atomic E-state index is 0.156. The fourth-order valence-corrected chi connectivity index (χ4v) is 3.82. The third kappa shape index (κ3) is 2.75. The highest BCUT2D eigenvalue weighted by Gasteiger charge is 2.26. The summed E-state index contributed by atoms with van der Waals surface area (Å²) in [5.74, 6) is 3.28. The largest absolute Gasteiger partial charge is 0.370 e. The maximum atomic E-state index is 4.63. The summed E-state index contributed by atoms with van der Waals surface area (Å²) >= 11 is 0. The fourth-order valence-electron chi connectivity index (χ4n) is 3.82. The van der Waals surface area contributed by atoms with E-state index in [4.69, 9.17) is 0 Å². The molecule has 146 valence electrons. The molecule has 0 fully saturated rings. The molecule has 3 N–H and O–H groups in total. The summed E-state index contributed by atoms with van der Waals surface area (Å²) in [5.41, 5.74) is 3.74. The van der Waals surface area contributed by atoms with Crippen LogP contribution in [0, 0.1) is 0 Å². The summed E-state index contributed by atoms with van der Waals surface area (Å²) in [4.78, 5) is 8.92. The molecule has 5 heterocycles. The van der Waals surface area contributed by atoms with Crippen molar-refractivity contribution >= 4 is 23.2 Å². The third-order valence-corrected chi connectivity index (χ3v) is 5.23. The molecule has 0 saturated heterocycles. The predicted octanol–water partition coefficient (Wildman–Crippen LogP) is 3.21. The highest BCUT2D eigenvalue weighted by atomic mass is 15.3. The molecule has 0 aliphatic carbocycles. The van der Waals surface area contributed by atoms with Gasteiger partial charge in [0.25, 0.3) is 0 Å². The maximum Gasteiger partial charge on any atom is 0.228 e. The zero-order chi connectivity index (χ0) is 19.9. The second-order valence-electron chi connectivity index (χ2n) is 7.09. The van der Waals surface area contributed by atoms with Gasteiger partial charge in [-0.15, -0.1) is 10.2 Å². The third-order valence-electron chi connectivity index (χ3n) is 5.23. The van der Waals surface area contributed by atoms with Crippen LogP contribution in [0.3, 0.4) is 0 Å². The van der Waals surface area contributed by atoms with Crippen molar-refractivity contribution in [1.82, 2.24) is 34.8 Å². The van der Waals surface area contributed by atoms with Crippen molar-refractivity contribution in [2.45, 2.75) is 5.92 Å². The first-order chi connectivity index (χ1) is 14.8. The summed E-state index contributed by atoms with van der Waals surface area (Å²) in [6, 6.07) is 18.1. The quantitative estimate of drug-likeness (QED) is 0.429. The smallest absolute Gasteiger partial charge is 0.228 e. The van der Waals surface area contributed by atoms with Crippen LogP contribution in [-0.4, -0.2) is 41.3 Å². The second kappa shape index (κ2) is 6.66. The summed E-state index contributed by atoms with van der Waals surface area (Å²) in [7, 11) is 0. The van der Waals surface area contributed by atoms with Gasteiger partial charge in [-0.2, -0.15) is 5.10 Å². The van der Waals surface area contributed by atoms with Gasteiger partial charge in [-0.3, -0.25) is 9.50 Å². The number of hydrogen-bond acceptors (Lipinski definition) is 7. The first kappa shape index (κ1) is 16.7. The van der Waals surface area contributed by atoms with Crippen LogP contribution in [0.4, 0.5) is 17.6 Å². The molecule has 6 rings (SSSR count). The van der Waals surface area contributed by atoms with Crippen molar-refractivity contribution in [2.75, 3.05) is 17.2 Å². The van der Waals surface area contributed by atoms with Gasteiger partial charge < -0.3 is 10.6 Å². The van der Waals surface area contributed by atoms with Crippen LogP contribution in [0.15, 0.2) is 67.0 Å². The molecule has 0 radical (unpaired) electrons. The molecule has 1 atom stereocenters. The van der Waals surface area contributed by atoms with E-state index in [1.807, 2.05) is 24.3 Å². The Morgan fingerprint density at radius 2 is 1.93 bits per heavy atom. The van der Waals surface area contributed by atoms with E-state index in [-0.39, 0.29) is 5.92 Å². The summed E-state index contributed by atoms with van der Waals surface area (Å²) in [6.07, 6.45) is 3.40. The van der Waals surface area contributed by atoms with E-state index < -0.39 is 0 Å². The zero-order valence-corrected chi connectivity index (χ0v) is 15.8. The number of benzene rings is 1. The highest BCUT2D eigenvalue weighted by Crippen LogP contribution is 2.33. The van der Waals surface area contributed by atoms with Gasteiger partial charge >= 0.3 is 0 Å². The van der Waals surface area contributed by atoms with E-state index in [1.54, 1.807) is 12.4 Å². The molecule has 9 nitrogen and oxygen atoms in total.